The third-order valence-corrected chi connectivity index (χ3v) is 2.41. The molecule has 0 aromatic heterocycles. The van der Waals surface area contributed by atoms with Crippen molar-refractivity contribution in [3.8, 4) is 0 Å². The molecule has 4 heteroatoms. The average Bonchev–Trinajstić information content (AvgIpc) is 2.15. The third kappa shape index (κ3) is 2.90. The van der Waals surface area contributed by atoms with Crippen LogP contribution in [0.15, 0.2) is 0 Å². The first-order chi connectivity index (χ1) is 5.88. The van der Waals surface area contributed by atoms with Crippen LogP contribution < -0.4 is 0 Å². The van der Waals surface area contributed by atoms with Crippen LogP contribution >= 0.6 is 11.6 Å². The highest BCUT2D eigenvalue weighted by molar-refractivity contribution is 6.17. The molecule has 1 aliphatic rings. The molecule has 1 rings (SSSR count). The summed E-state index contributed by atoms with van der Waals surface area (Å²) in [6.45, 7) is 3.50. The van der Waals surface area contributed by atoms with Crippen molar-refractivity contribution in [3.05, 3.63) is 0 Å². The topological polar surface area (TPSA) is 32.7 Å². The van der Waals surface area contributed by atoms with E-state index in [0.717, 1.165) is 26.1 Å². The number of halogens is 1. The van der Waals surface area contributed by atoms with E-state index in [4.69, 9.17) is 21.4 Å². The van der Waals surface area contributed by atoms with E-state index in [1.54, 1.807) is 0 Å². The van der Waals surface area contributed by atoms with Gasteiger partial charge in [0.1, 0.15) is 0 Å². The largest absolute Gasteiger partial charge is 0.395 e. The van der Waals surface area contributed by atoms with Crippen molar-refractivity contribution in [1.29, 1.82) is 0 Å². The van der Waals surface area contributed by atoms with Crippen molar-refractivity contribution in [3.63, 3.8) is 0 Å². The molecular formula is C8H16ClNO2. The lowest BCUT2D eigenvalue weighted by Crippen LogP contribution is -2.47. The molecule has 1 N–H and O–H groups in total. The Bertz CT molecular complexity index is 124. The van der Waals surface area contributed by atoms with Gasteiger partial charge in [-0.2, -0.15) is 0 Å². The van der Waals surface area contributed by atoms with Crippen LogP contribution in [0.1, 0.15) is 6.42 Å². The van der Waals surface area contributed by atoms with Gasteiger partial charge in [-0.25, -0.2) is 0 Å². The Hall–Kier alpha value is 0.170. The van der Waals surface area contributed by atoms with E-state index in [2.05, 4.69) is 4.90 Å². The van der Waals surface area contributed by atoms with Gasteiger partial charge in [-0.1, -0.05) is 0 Å². The molecule has 3 nitrogen and oxygen atoms in total. The lowest BCUT2D eigenvalue weighted by Gasteiger charge is -2.34. The lowest BCUT2D eigenvalue weighted by molar-refractivity contribution is -0.0270. The van der Waals surface area contributed by atoms with Gasteiger partial charge in [0.2, 0.25) is 0 Å². The summed E-state index contributed by atoms with van der Waals surface area (Å²) < 4.78 is 5.25. The Labute approximate surface area is 78.3 Å². The first-order valence-electron chi connectivity index (χ1n) is 4.37. The summed E-state index contributed by atoms with van der Waals surface area (Å²) >= 11 is 5.59. The van der Waals surface area contributed by atoms with Gasteiger partial charge in [0.05, 0.1) is 25.9 Å². The summed E-state index contributed by atoms with van der Waals surface area (Å²) in [5.74, 6) is 0.690. The van der Waals surface area contributed by atoms with Crippen LogP contribution in [0.5, 0.6) is 0 Å². The van der Waals surface area contributed by atoms with Gasteiger partial charge in [-0.3, -0.25) is 4.90 Å². The summed E-state index contributed by atoms with van der Waals surface area (Å²) in [6, 6.07) is 0.182. The van der Waals surface area contributed by atoms with Crippen molar-refractivity contribution >= 4 is 11.6 Å². The Morgan fingerprint density at radius 3 is 3.08 bits per heavy atom. The molecular weight excluding hydrogens is 178 g/mol. The fourth-order valence-electron chi connectivity index (χ4n) is 1.41. The molecule has 1 atom stereocenters. The highest BCUT2D eigenvalue weighted by atomic mass is 35.5. The molecule has 0 aromatic carbocycles. The highest BCUT2D eigenvalue weighted by Crippen LogP contribution is 2.06. The number of nitrogens with zero attached hydrogens (tertiary/aromatic N) is 1. The highest BCUT2D eigenvalue weighted by Gasteiger charge is 2.20. The number of rotatable bonds is 4. The van der Waals surface area contributed by atoms with E-state index in [0.29, 0.717) is 12.5 Å². The second-order valence-corrected chi connectivity index (χ2v) is 3.37. The van der Waals surface area contributed by atoms with Gasteiger partial charge < -0.3 is 9.84 Å². The zero-order valence-electron chi connectivity index (χ0n) is 7.21. The maximum atomic E-state index is 9.01. The SMILES string of the molecule is OCC1COCCN1CCCCl. The second-order valence-electron chi connectivity index (χ2n) is 2.99. The van der Waals surface area contributed by atoms with Crippen LogP contribution in [-0.2, 0) is 4.74 Å². The van der Waals surface area contributed by atoms with Crippen molar-refractivity contribution < 1.29 is 9.84 Å². The van der Waals surface area contributed by atoms with Gasteiger partial charge in [0.15, 0.2) is 0 Å². The average molecular weight is 194 g/mol. The summed E-state index contributed by atoms with van der Waals surface area (Å²) in [4.78, 5) is 2.24. The molecule has 1 heterocycles. The van der Waals surface area contributed by atoms with Gasteiger partial charge in [-0.15, -0.1) is 11.6 Å². The molecule has 0 amide bonds. The molecule has 12 heavy (non-hydrogen) atoms. The lowest BCUT2D eigenvalue weighted by atomic mass is 10.2. The first-order valence-corrected chi connectivity index (χ1v) is 4.90. The second kappa shape index (κ2) is 5.75. The molecule has 1 unspecified atom stereocenters. The summed E-state index contributed by atoms with van der Waals surface area (Å²) in [5, 5.41) is 9.01. The zero-order valence-corrected chi connectivity index (χ0v) is 7.96. The maximum Gasteiger partial charge on any atom is 0.0644 e. The van der Waals surface area contributed by atoms with Gasteiger partial charge >= 0.3 is 0 Å². The Balaban J connectivity index is 2.26. The number of aliphatic hydroxyl groups excluding tert-OH is 1. The predicted molar refractivity (Wildman–Crippen MR) is 48.6 cm³/mol. The number of alkyl halides is 1. The molecule has 1 saturated heterocycles. The minimum absolute atomic E-state index is 0.182. The van der Waals surface area contributed by atoms with Crippen LogP contribution in [-0.4, -0.2) is 54.8 Å². The normalized spacial score (nSPS) is 26.0. The van der Waals surface area contributed by atoms with Crippen LogP contribution in [0.4, 0.5) is 0 Å². The summed E-state index contributed by atoms with van der Waals surface area (Å²) in [5.41, 5.74) is 0. The fourth-order valence-corrected chi connectivity index (χ4v) is 1.53. The number of morpholine rings is 1. The Morgan fingerprint density at radius 2 is 2.42 bits per heavy atom. The van der Waals surface area contributed by atoms with Gasteiger partial charge in [-0.05, 0) is 13.0 Å². The predicted octanol–water partition coefficient (Wildman–Crippen LogP) is 0.308. The van der Waals surface area contributed by atoms with E-state index in [9.17, 15) is 0 Å². The number of hydrogen-bond acceptors (Lipinski definition) is 3. The van der Waals surface area contributed by atoms with E-state index in [1.807, 2.05) is 0 Å². The first kappa shape index (κ1) is 10.3. The smallest absolute Gasteiger partial charge is 0.0644 e. The molecule has 0 aliphatic carbocycles. The molecule has 0 saturated carbocycles. The Morgan fingerprint density at radius 1 is 1.58 bits per heavy atom. The minimum Gasteiger partial charge on any atom is -0.395 e. The van der Waals surface area contributed by atoms with E-state index < -0.39 is 0 Å². The molecule has 0 spiro atoms. The zero-order chi connectivity index (χ0) is 8.81. The fraction of sp³-hybridized carbons (Fsp3) is 1.00. The van der Waals surface area contributed by atoms with Gasteiger partial charge in [0.25, 0.3) is 0 Å². The number of ether oxygens (including phenoxy) is 1. The quantitative estimate of drug-likeness (QED) is 0.653. The summed E-state index contributed by atoms with van der Waals surface area (Å²) in [7, 11) is 0. The standard InChI is InChI=1S/C8H16ClNO2/c9-2-1-3-10-4-5-12-7-8(10)6-11/h8,11H,1-7H2. The Kier molecular flexibility index (Phi) is 4.92. The van der Waals surface area contributed by atoms with E-state index in [-0.39, 0.29) is 12.6 Å². The molecule has 0 radical (unpaired) electrons. The molecule has 0 bridgehead atoms. The van der Waals surface area contributed by atoms with Crippen LogP contribution in [0.25, 0.3) is 0 Å². The van der Waals surface area contributed by atoms with Crippen LogP contribution in [0.2, 0.25) is 0 Å². The van der Waals surface area contributed by atoms with Crippen LogP contribution in [0, 0.1) is 0 Å². The molecule has 0 aromatic rings. The van der Waals surface area contributed by atoms with Crippen molar-refractivity contribution in [2.45, 2.75) is 12.5 Å². The van der Waals surface area contributed by atoms with E-state index >= 15 is 0 Å². The van der Waals surface area contributed by atoms with Crippen LogP contribution in [0.3, 0.4) is 0 Å². The van der Waals surface area contributed by atoms with E-state index in [1.165, 1.54) is 0 Å². The molecule has 72 valence electrons. The third-order valence-electron chi connectivity index (χ3n) is 2.14. The van der Waals surface area contributed by atoms with Crippen molar-refractivity contribution in [2.24, 2.45) is 0 Å². The number of aliphatic hydroxyl groups is 1. The summed E-state index contributed by atoms with van der Waals surface area (Å²) in [6.07, 6.45) is 0.984. The van der Waals surface area contributed by atoms with Gasteiger partial charge in [0, 0.05) is 12.4 Å². The van der Waals surface area contributed by atoms with Crippen molar-refractivity contribution in [1.82, 2.24) is 4.90 Å². The molecule has 1 aliphatic heterocycles. The molecule has 1 fully saturated rings. The number of hydrogen-bond donors (Lipinski definition) is 1. The maximum absolute atomic E-state index is 9.01. The minimum atomic E-state index is 0.182. The monoisotopic (exact) mass is 193 g/mol. The van der Waals surface area contributed by atoms with Crippen molar-refractivity contribution in [2.75, 3.05) is 38.8 Å².